The van der Waals surface area contributed by atoms with Crippen LogP contribution in [0.1, 0.15) is 16.5 Å². The van der Waals surface area contributed by atoms with E-state index < -0.39 is 0 Å². The first-order valence-corrected chi connectivity index (χ1v) is 8.87. The summed E-state index contributed by atoms with van der Waals surface area (Å²) in [6.45, 7) is 1.52. The number of hydrogen-bond donors (Lipinski definition) is 3. The second-order valence-corrected chi connectivity index (χ2v) is 6.94. The molecule has 0 aliphatic heterocycles. The Morgan fingerprint density at radius 2 is 1.96 bits per heavy atom. The van der Waals surface area contributed by atoms with Crippen molar-refractivity contribution < 1.29 is 9.64 Å². The molecular formula is C17H24N3OS2+. The van der Waals surface area contributed by atoms with E-state index in [1.165, 1.54) is 15.3 Å². The Hall–Kier alpha value is -1.63. The largest absolute Gasteiger partial charge is 0.497 e. The quantitative estimate of drug-likeness (QED) is 0.663. The molecule has 4 nitrogen and oxygen atoms in total. The van der Waals surface area contributed by atoms with Crippen LogP contribution in [0.5, 0.6) is 5.75 Å². The summed E-state index contributed by atoms with van der Waals surface area (Å²) < 4.78 is 5.16. The topological polar surface area (TPSA) is 37.7 Å². The summed E-state index contributed by atoms with van der Waals surface area (Å²) in [4.78, 5) is 2.76. The summed E-state index contributed by atoms with van der Waals surface area (Å²) in [6, 6.07) is 12.6. The van der Waals surface area contributed by atoms with Gasteiger partial charge in [-0.3, -0.25) is 0 Å². The van der Waals surface area contributed by atoms with Gasteiger partial charge in [-0.25, -0.2) is 0 Å². The fourth-order valence-corrected chi connectivity index (χ4v) is 3.37. The van der Waals surface area contributed by atoms with Crippen molar-refractivity contribution in [3.63, 3.8) is 0 Å². The van der Waals surface area contributed by atoms with Gasteiger partial charge < -0.3 is 20.3 Å². The molecule has 0 radical (unpaired) electrons. The summed E-state index contributed by atoms with van der Waals surface area (Å²) in [5.41, 5.74) is 1.17. The van der Waals surface area contributed by atoms with Crippen LogP contribution < -0.4 is 20.3 Å². The number of thiocarbonyl (C=S) groups is 1. The average Bonchev–Trinajstić information content (AvgIpc) is 3.07. The molecule has 1 aromatic carbocycles. The van der Waals surface area contributed by atoms with Crippen molar-refractivity contribution >= 4 is 28.7 Å². The number of rotatable bonds is 7. The summed E-state index contributed by atoms with van der Waals surface area (Å²) in [5.74, 6) is 0.863. The third-order valence-corrected chi connectivity index (χ3v) is 4.94. The van der Waals surface area contributed by atoms with Gasteiger partial charge in [-0.15, -0.1) is 11.3 Å². The Morgan fingerprint density at radius 3 is 2.52 bits per heavy atom. The molecule has 0 unspecified atom stereocenters. The van der Waals surface area contributed by atoms with E-state index in [4.69, 9.17) is 17.0 Å². The molecule has 0 aliphatic carbocycles. The molecule has 0 saturated carbocycles. The van der Waals surface area contributed by atoms with Crippen LogP contribution >= 0.6 is 23.6 Å². The van der Waals surface area contributed by atoms with Gasteiger partial charge in [-0.2, -0.15) is 0 Å². The van der Waals surface area contributed by atoms with Gasteiger partial charge in [0.2, 0.25) is 0 Å². The maximum absolute atomic E-state index is 5.38. The third kappa shape index (κ3) is 5.49. The summed E-state index contributed by atoms with van der Waals surface area (Å²) >= 11 is 7.17. The summed E-state index contributed by atoms with van der Waals surface area (Å²) in [5, 5.41) is 9.38. The molecule has 1 heterocycles. The van der Waals surface area contributed by atoms with Crippen molar-refractivity contribution in [1.29, 1.82) is 0 Å². The van der Waals surface area contributed by atoms with E-state index in [9.17, 15) is 0 Å². The SMILES string of the molecule is COc1ccc(CNC(=S)NC[C@@H](c2cccs2)[NH+](C)C)cc1. The second-order valence-electron chi connectivity index (χ2n) is 5.56. The summed E-state index contributed by atoms with van der Waals surface area (Å²) in [6.07, 6.45) is 0. The molecule has 0 saturated heterocycles. The summed E-state index contributed by atoms with van der Waals surface area (Å²) in [7, 11) is 6.00. The molecule has 23 heavy (non-hydrogen) atoms. The molecule has 0 aliphatic rings. The number of hydrogen-bond acceptors (Lipinski definition) is 3. The van der Waals surface area contributed by atoms with Gasteiger partial charge in [0.15, 0.2) is 5.11 Å². The van der Waals surface area contributed by atoms with E-state index in [-0.39, 0.29) is 0 Å². The molecule has 0 spiro atoms. The average molecular weight is 351 g/mol. The highest BCUT2D eigenvalue weighted by molar-refractivity contribution is 7.80. The lowest BCUT2D eigenvalue weighted by atomic mass is 10.2. The second kappa shape index (κ2) is 8.86. The van der Waals surface area contributed by atoms with Gasteiger partial charge in [0, 0.05) is 6.54 Å². The molecule has 3 N–H and O–H groups in total. The molecule has 6 heteroatoms. The van der Waals surface area contributed by atoms with Gasteiger partial charge >= 0.3 is 0 Å². The van der Waals surface area contributed by atoms with E-state index in [1.807, 2.05) is 24.3 Å². The van der Waals surface area contributed by atoms with Crippen LogP contribution in [0.2, 0.25) is 0 Å². The van der Waals surface area contributed by atoms with Crippen molar-refractivity contribution in [2.45, 2.75) is 12.6 Å². The lowest BCUT2D eigenvalue weighted by molar-refractivity contribution is -0.890. The predicted molar refractivity (Wildman–Crippen MR) is 100 cm³/mol. The number of methoxy groups -OCH3 is 1. The van der Waals surface area contributed by atoms with Crippen LogP contribution in [0.3, 0.4) is 0 Å². The molecule has 1 atom stereocenters. The van der Waals surface area contributed by atoms with E-state index in [2.05, 4.69) is 42.2 Å². The van der Waals surface area contributed by atoms with E-state index >= 15 is 0 Å². The van der Waals surface area contributed by atoms with Crippen molar-refractivity contribution in [2.24, 2.45) is 0 Å². The fourth-order valence-electron chi connectivity index (χ4n) is 2.26. The van der Waals surface area contributed by atoms with Crippen LogP contribution in [-0.4, -0.2) is 32.9 Å². The fraction of sp³-hybridized carbons (Fsp3) is 0.353. The minimum Gasteiger partial charge on any atom is -0.497 e. The number of benzene rings is 1. The molecule has 124 valence electrons. The standard InChI is InChI=1S/C17H23N3OS2/c1-20(2)15(16-5-4-10-23-16)12-19-17(22)18-11-13-6-8-14(21-3)9-7-13/h4-10,15H,11-12H2,1-3H3,(H2,18,19,22)/p+1/t15-/m0/s1. The minimum atomic E-state index is 0.399. The van der Waals surface area contributed by atoms with E-state index in [0.717, 1.165) is 12.3 Å². The zero-order valence-electron chi connectivity index (χ0n) is 13.8. The smallest absolute Gasteiger partial charge is 0.166 e. The molecule has 0 bridgehead atoms. The van der Waals surface area contributed by atoms with Crippen LogP contribution in [-0.2, 0) is 6.54 Å². The van der Waals surface area contributed by atoms with Crippen LogP contribution in [0.4, 0.5) is 0 Å². The Labute approximate surface area is 147 Å². The lowest BCUT2D eigenvalue weighted by Gasteiger charge is -2.21. The molecule has 0 fully saturated rings. The third-order valence-electron chi connectivity index (χ3n) is 3.66. The first-order valence-electron chi connectivity index (χ1n) is 7.58. The lowest BCUT2D eigenvalue weighted by Crippen LogP contribution is -3.06. The van der Waals surface area contributed by atoms with Crippen LogP contribution in [0, 0.1) is 0 Å². The van der Waals surface area contributed by atoms with E-state index in [0.29, 0.717) is 17.7 Å². The number of nitrogens with one attached hydrogen (secondary N) is 3. The highest BCUT2D eigenvalue weighted by Crippen LogP contribution is 2.15. The number of likely N-dealkylation sites (N-methyl/N-ethyl adjacent to an activating group) is 1. The minimum absolute atomic E-state index is 0.399. The molecule has 2 rings (SSSR count). The van der Waals surface area contributed by atoms with E-state index in [1.54, 1.807) is 18.4 Å². The Bertz CT molecular complexity index is 597. The monoisotopic (exact) mass is 350 g/mol. The number of thiophene rings is 1. The van der Waals surface area contributed by atoms with Gasteiger partial charge in [-0.05, 0) is 41.4 Å². The number of quaternary nitrogens is 1. The Morgan fingerprint density at radius 1 is 1.22 bits per heavy atom. The zero-order chi connectivity index (χ0) is 16.7. The normalized spacial score (nSPS) is 12.0. The van der Waals surface area contributed by atoms with Gasteiger partial charge in [0.25, 0.3) is 0 Å². The van der Waals surface area contributed by atoms with Gasteiger partial charge in [0.1, 0.15) is 11.8 Å². The van der Waals surface area contributed by atoms with Crippen molar-refractivity contribution in [1.82, 2.24) is 10.6 Å². The predicted octanol–water partition coefficient (Wildman–Crippen LogP) is 1.61. The molecular weight excluding hydrogens is 326 g/mol. The first-order chi connectivity index (χ1) is 11.1. The first kappa shape index (κ1) is 17.7. The number of ether oxygens (including phenoxy) is 1. The maximum Gasteiger partial charge on any atom is 0.166 e. The Kier molecular flexibility index (Phi) is 6.83. The Balaban J connectivity index is 1.79. The highest BCUT2D eigenvalue weighted by Gasteiger charge is 2.18. The van der Waals surface area contributed by atoms with Crippen molar-refractivity contribution in [3.8, 4) is 5.75 Å². The van der Waals surface area contributed by atoms with Crippen molar-refractivity contribution in [3.05, 3.63) is 52.2 Å². The molecule has 1 aromatic heterocycles. The molecule has 2 aromatic rings. The molecule has 0 amide bonds. The zero-order valence-corrected chi connectivity index (χ0v) is 15.4. The van der Waals surface area contributed by atoms with Crippen LogP contribution in [0.25, 0.3) is 0 Å². The van der Waals surface area contributed by atoms with Crippen LogP contribution in [0.15, 0.2) is 41.8 Å². The van der Waals surface area contributed by atoms with Gasteiger partial charge in [-0.1, -0.05) is 18.2 Å². The van der Waals surface area contributed by atoms with Gasteiger partial charge in [0.05, 0.1) is 32.6 Å². The highest BCUT2D eigenvalue weighted by atomic mass is 32.1. The van der Waals surface area contributed by atoms with Crippen molar-refractivity contribution in [2.75, 3.05) is 27.7 Å². The maximum atomic E-state index is 5.38.